The van der Waals surface area contributed by atoms with Crippen molar-refractivity contribution >= 4 is 5.82 Å². The van der Waals surface area contributed by atoms with Crippen LogP contribution in [0.4, 0.5) is 19.0 Å². The standard InChI is InChI=1S/C13H17F3N2O/c14-13(15,16)11-6-1-7-12(17-11)18-8-2-4-10(18)5-3-9-19/h1,6-7,10,19H,2-5,8-9H2. The Bertz CT molecular complexity index is 423. The molecular weight excluding hydrogens is 257 g/mol. The molecule has 0 radical (unpaired) electrons. The Labute approximate surface area is 110 Å². The molecule has 0 bridgehead atoms. The lowest BCUT2D eigenvalue weighted by atomic mass is 10.1. The predicted octanol–water partition coefficient (Wildman–Crippen LogP) is 2.84. The zero-order valence-corrected chi connectivity index (χ0v) is 10.5. The van der Waals surface area contributed by atoms with Crippen molar-refractivity contribution in [2.45, 2.75) is 37.9 Å². The Morgan fingerprint density at radius 3 is 2.84 bits per heavy atom. The summed E-state index contributed by atoms with van der Waals surface area (Å²) in [7, 11) is 0. The maximum absolute atomic E-state index is 12.6. The molecule has 1 N–H and O–H groups in total. The van der Waals surface area contributed by atoms with Gasteiger partial charge in [-0.2, -0.15) is 13.2 Å². The number of aromatic nitrogens is 1. The number of aliphatic hydroxyl groups excluding tert-OH is 1. The van der Waals surface area contributed by atoms with Gasteiger partial charge in [0.15, 0.2) is 0 Å². The van der Waals surface area contributed by atoms with Gasteiger partial charge in [0.1, 0.15) is 11.5 Å². The third kappa shape index (κ3) is 3.37. The fraction of sp³-hybridized carbons (Fsp3) is 0.615. The molecule has 0 aromatic carbocycles. The average molecular weight is 274 g/mol. The monoisotopic (exact) mass is 274 g/mol. The van der Waals surface area contributed by atoms with Gasteiger partial charge in [-0.25, -0.2) is 4.98 Å². The zero-order chi connectivity index (χ0) is 13.9. The summed E-state index contributed by atoms with van der Waals surface area (Å²) in [6.45, 7) is 0.838. The SMILES string of the molecule is OCCCC1CCCN1c1cccc(C(F)(F)F)n1. The lowest BCUT2D eigenvalue weighted by Gasteiger charge is -2.26. The molecule has 1 aromatic rings. The third-order valence-corrected chi connectivity index (χ3v) is 3.39. The Balaban J connectivity index is 2.16. The molecule has 2 rings (SSSR count). The first-order chi connectivity index (χ1) is 9.02. The van der Waals surface area contributed by atoms with Crippen molar-refractivity contribution in [2.24, 2.45) is 0 Å². The largest absolute Gasteiger partial charge is 0.433 e. The van der Waals surface area contributed by atoms with E-state index in [1.165, 1.54) is 6.07 Å². The molecule has 1 aliphatic heterocycles. The van der Waals surface area contributed by atoms with Gasteiger partial charge in [0, 0.05) is 19.2 Å². The molecule has 1 aliphatic rings. The molecule has 3 nitrogen and oxygen atoms in total. The summed E-state index contributed by atoms with van der Waals surface area (Å²) >= 11 is 0. The van der Waals surface area contributed by atoms with Crippen molar-refractivity contribution in [3.8, 4) is 0 Å². The van der Waals surface area contributed by atoms with E-state index in [9.17, 15) is 13.2 Å². The van der Waals surface area contributed by atoms with Gasteiger partial charge >= 0.3 is 6.18 Å². The van der Waals surface area contributed by atoms with Gasteiger partial charge in [-0.3, -0.25) is 0 Å². The smallest absolute Gasteiger partial charge is 0.396 e. The van der Waals surface area contributed by atoms with E-state index in [2.05, 4.69) is 4.98 Å². The van der Waals surface area contributed by atoms with Gasteiger partial charge in [0.25, 0.3) is 0 Å². The van der Waals surface area contributed by atoms with Crippen molar-refractivity contribution in [1.29, 1.82) is 0 Å². The summed E-state index contributed by atoms with van der Waals surface area (Å²) in [5, 5.41) is 8.85. The van der Waals surface area contributed by atoms with Gasteiger partial charge in [0.05, 0.1) is 0 Å². The number of hydrogen-bond acceptors (Lipinski definition) is 3. The summed E-state index contributed by atoms with van der Waals surface area (Å²) in [4.78, 5) is 5.64. The number of rotatable bonds is 4. The number of hydrogen-bond donors (Lipinski definition) is 1. The molecule has 2 heterocycles. The molecule has 6 heteroatoms. The second kappa shape index (κ2) is 5.77. The fourth-order valence-corrected chi connectivity index (χ4v) is 2.51. The Hall–Kier alpha value is -1.30. The van der Waals surface area contributed by atoms with E-state index >= 15 is 0 Å². The van der Waals surface area contributed by atoms with E-state index in [1.807, 2.05) is 4.90 Å². The van der Waals surface area contributed by atoms with Crippen molar-refractivity contribution in [2.75, 3.05) is 18.1 Å². The van der Waals surface area contributed by atoms with Gasteiger partial charge in [-0.05, 0) is 37.8 Å². The molecule has 106 valence electrons. The van der Waals surface area contributed by atoms with Crippen LogP contribution < -0.4 is 4.90 Å². The highest BCUT2D eigenvalue weighted by Gasteiger charge is 2.33. The molecule has 0 saturated carbocycles. The van der Waals surface area contributed by atoms with Crippen molar-refractivity contribution in [3.05, 3.63) is 23.9 Å². The van der Waals surface area contributed by atoms with Crippen molar-refractivity contribution in [3.63, 3.8) is 0 Å². The maximum atomic E-state index is 12.6. The van der Waals surface area contributed by atoms with E-state index in [0.29, 0.717) is 12.2 Å². The van der Waals surface area contributed by atoms with Crippen LogP contribution in [0.2, 0.25) is 0 Å². The quantitative estimate of drug-likeness (QED) is 0.917. The molecular formula is C13H17F3N2O. The summed E-state index contributed by atoms with van der Waals surface area (Å²) in [6, 6.07) is 4.18. The lowest BCUT2D eigenvalue weighted by molar-refractivity contribution is -0.141. The zero-order valence-electron chi connectivity index (χ0n) is 10.5. The highest BCUT2D eigenvalue weighted by molar-refractivity contribution is 5.42. The molecule has 1 atom stereocenters. The third-order valence-electron chi connectivity index (χ3n) is 3.39. The van der Waals surface area contributed by atoms with Crippen LogP contribution in [0.5, 0.6) is 0 Å². The molecule has 1 fully saturated rings. The second-order valence-corrected chi connectivity index (χ2v) is 4.73. The highest BCUT2D eigenvalue weighted by Crippen LogP contribution is 2.31. The van der Waals surface area contributed by atoms with E-state index in [4.69, 9.17) is 5.11 Å². The Kier molecular flexibility index (Phi) is 4.29. The van der Waals surface area contributed by atoms with Crippen LogP contribution in [0.15, 0.2) is 18.2 Å². The summed E-state index contributed by atoms with van der Waals surface area (Å²) in [6.07, 6.45) is -1.06. The van der Waals surface area contributed by atoms with Gasteiger partial charge in [-0.15, -0.1) is 0 Å². The topological polar surface area (TPSA) is 36.4 Å². The minimum Gasteiger partial charge on any atom is -0.396 e. The summed E-state index contributed by atoms with van der Waals surface area (Å²) in [5.41, 5.74) is -0.849. The van der Waals surface area contributed by atoms with Crippen LogP contribution >= 0.6 is 0 Å². The fourth-order valence-electron chi connectivity index (χ4n) is 2.51. The molecule has 1 aromatic heterocycles. The van der Waals surface area contributed by atoms with Crippen LogP contribution in [-0.4, -0.2) is 29.3 Å². The predicted molar refractivity (Wildman–Crippen MR) is 65.9 cm³/mol. The summed E-state index contributed by atoms with van der Waals surface area (Å²) < 4.78 is 37.9. The molecule has 19 heavy (non-hydrogen) atoms. The van der Waals surface area contributed by atoms with E-state index in [-0.39, 0.29) is 12.6 Å². The van der Waals surface area contributed by atoms with Gasteiger partial charge in [-0.1, -0.05) is 6.07 Å². The van der Waals surface area contributed by atoms with Gasteiger partial charge in [0.2, 0.25) is 0 Å². The van der Waals surface area contributed by atoms with Crippen molar-refractivity contribution < 1.29 is 18.3 Å². The first kappa shape index (κ1) is 14.1. The van der Waals surface area contributed by atoms with E-state index in [0.717, 1.165) is 31.9 Å². The second-order valence-electron chi connectivity index (χ2n) is 4.73. The minimum absolute atomic E-state index is 0.111. The van der Waals surface area contributed by atoms with Crippen LogP contribution in [0.1, 0.15) is 31.4 Å². The van der Waals surface area contributed by atoms with Crippen LogP contribution in [0, 0.1) is 0 Å². The Morgan fingerprint density at radius 1 is 1.37 bits per heavy atom. The number of halogens is 3. The number of aliphatic hydroxyl groups is 1. The number of alkyl halides is 3. The molecule has 0 amide bonds. The number of nitrogens with zero attached hydrogens (tertiary/aromatic N) is 2. The molecule has 0 aliphatic carbocycles. The molecule has 0 spiro atoms. The maximum Gasteiger partial charge on any atom is 0.433 e. The first-order valence-corrected chi connectivity index (χ1v) is 6.44. The first-order valence-electron chi connectivity index (χ1n) is 6.44. The molecule has 1 saturated heterocycles. The molecule has 1 unspecified atom stereocenters. The average Bonchev–Trinajstić information content (AvgIpc) is 2.83. The number of pyridine rings is 1. The van der Waals surface area contributed by atoms with Crippen molar-refractivity contribution in [1.82, 2.24) is 4.98 Å². The highest BCUT2D eigenvalue weighted by atomic mass is 19.4. The van der Waals surface area contributed by atoms with Crippen LogP contribution in [-0.2, 0) is 6.18 Å². The van der Waals surface area contributed by atoms with Crippen LogP contribution in [0.3, 0.4) is 0 Å². The van der Waals surface area contributed by atoms with Gasteiger partial charge < -0.3 is 10.0 Å². The summed E-state index contributed by atoms with van der Waals surface area (Å²) in [5.74, 6) is 0.385. The van der Waals surface area contributed by atoms with E-state index in [1.54, 1.807) is 6.07 Å². The normalized spacial score (nSPS) is 20.0. The lowest BCUT2D eigenvalue weighted by Crippen LogP contribution is -2.30. The number of anilines is 1. The Morgan fingerprint density at radius 2 is 2.16 bits per heavy atom. The minimum atomic E-state index is -4.41. The van der Waals surface area contributed by atoms with E-state index < -0.39 is 11.9 Å². The van der Waals surface area contributed by atoms with Crippen LogP contribution in [0.25, 0.3) is 0 Å².